The van der Waals surface area contributed by atoms with Gasteiger partial charge in [-0.25, -0.2) is 9.50 Å². The fourth-order valence-corrected chi connectivity index (χ4v) is 5.48. The molecule has 156 valence electrons. The summed E-state index contributed by atoms with van der Waals surface area (Å²) in [6.07, 6.45) is 13.1. The van der Waals surface area contributed by atoms with Crippen molar-refractivity contribution in [2.75, 3.05) is 13.1 Å². The molecule has 6 rings (SSSR count). The fraction of sp³-hybridized carbons (Fsp3) is 0.409. The summed E-state index contributed by atoms with van der Waals surface area (Å²) in [6, 6.07) is 6.30. The van der Waals surface area contributed by atoms with Gasteiger partial charge in [0.2, 0.25) is 0 Å². The summed E-state index contributed by atoms with van der Waals surface area (Å²) in [5, 5.41) is 26.6. The van der Waals surface area contributed by atoms with E-state index in [-0.39, 0.29) is 5.54 Å². The van der Waals surface area contributed by atoms with Crippen LogP contribution < -0.4 is 5.32 Å². The molecule has 1 saturated carbocycles. The molecule has 4 aromatic heterocycles. The van der Waals surface area contributed by atoms with E-state index >= 15 is 0 Å². The lowest BCUT2D eigenvalue weighted by atomic mass is 9.56. The molecular weight excluding hydrogens is 390 g/mol. The molecule has 31 heavy (non-hydrogen) atoms. The van der Waals surface area contributed by atoms with Gasteiger partial charge in [-0.05, 0) is 43.4 Å². The van der Waals surface area contributed by atoms with Crippen molar-refractivity contribution in [3.05, 3.63) is 43.1 Å². The molecule has 4 aromatic rings. The van der Waals surface area contributed by atoms with E-state index in [1.807, 2.05) is 53.2 Å². The SMILES string of the molecule is Cn1ccc(-c2cn3nccc3c(-c3cnn(C4(CC#N)CC5(CCNC5)C4)c3)n2)n1. The van der Waals surface area contributed by atoms with Gasteiger partial charge in [0.25, 0.3) is 0 Å². The van der Waals surface area contributed by atoms with Gasteiger partial charge >= 0.3 is 0 Å². The third kappa shape index (κ3) is 2.79. The van der Waals surface area contributed by atoms with E-state index in [1.54, 1.807) is 10.9 Å². The first-order valence-corrected chi connectivity index (χ1v) is 10.6. The molecule has 9 heteroatoms. The smallest absolute Gasteiger partial charge is 0.112 e. The van der Waals surface area contributed by atoms with E-state index < -0.39 is 0 Å². The fourth-order valence-electron chi connectivity index (χ4n) is 5.48. The van der Waals surface area contributed by atoms with Crippen LogP contribution in [0.25, 0.3) is 28.2 Å². The molecule has 2 fully saturated rings. The molecule has 0 amide bonds. The molecule has 1 saturated heterocycles. The van der Waals surface area contributed by atoms with Crippen molar-refractivity contribution in [1.29, 1.82) is 5.26 Å². The van der Waals surface area contributed by atoms with Crippen molar-refractivity contribution in [1.82, 2.24) is 39.5 Å². The molecule has 2 aliphatic rings. The molecule has 1 spiro atoms. The van der Waals surface area contributed by atoms with E-state index in [2.05, 4.69) is 21.6 Å². The van der Waals surface area contributed by atoms with Crippen LogP contribution in [-0.4, -0.2) is 47.2 Å². The Morgan fingerprint density at radius 3 is 2.84 bits per heavy atom. The van der Waals surface area contributed by atoms with Crippen LogP contribution in [0.1, 0.15) is 25.7 Å². The number of aromatic nitrogens is 7. The minimum atomic E-state index is -0.228. The van der Waals surface area contributed by atoms with E-state index in [4.69, 9.17) is 10.1 Å². The van der Waals surface area contributed by atoms with Gasteiger partial charge in [0.1, 0.15) is 11.4 Å². The van der Waals surface area contributed by atoms with Crippen molar-refractivity contribution in [2.45, 2.75) is 31.2 Å². The molecule has 0 aromatic carbocycles. The Balaban J connectivity index is 1.41. The zero-order valence-electron chi connectivity index (χ0n) is 17.4. The topological polar surface area (TPSA) is 102 Å². The van der Waals surface area contributed by atoms with E-state index in [0.717, 1.165) is 54.1 Å². The standard InChI is InChI=1S/C22H23N9/c1-29-9-3-17(28-29)18-12-30-19(2-7-25-30)20(27-18)16-10-26-31(11-16)22(4-6-23)13-21(14-22)5-8-24-15-21/h2-3,7,9-12,24H,4-5,8,13-15H2,1H3. The molecule has 1 N–H and O–H groups in total. The zero-order valence-corrected chi connectivity index (χ0v) is 17.4. The van der Waals surface area contributed by atoms with Gasteiger partial charge in [-0.2, -0.15) is 20.6 Å². The number of aryl methyl sites for hydroxylation is 1. The quantitative estimate of drug-likeness (QED) is 0.551. The van der Waals surface area contributed by atoms with E-state index in [1.165, 1.54) is 6.42 Å². The third-order valence-electron chi connectivity index (χ3n) is 6.86. The molecule has 0 radical (unpaired) electrons. The Hall–Kier alpha value is -3.51. The van der Waals surface area contributed by atoms with Crippen molar-refractivity contribution >= 4 is 5.52 Å². The Labute approximate surface area is 179 Å². The average molecular weight is 413 g/mol. The zero-order chi connectivity index (χ0) is 21.1. The summed E-state index contributed by atoms with van der Waals surface area (Å²) in [5.74, 6) is 0. The summed E-state index contributed by atoms with van der Waals surface area (Å²) in [7, 11) is 1.89. The third-order valence-corrected chi connectivity index (χ3v) is 6.86. The molecule has 0 atom stereocenters. The van der Waals surface area contributed by atoms with Crippen LogP contribution in [0.15, 0.2) is 43.1 Å². The molecule has 0 unspecified atom stereocenters. The van der Waals surface area contributed by atoms with E-state index in [9.17, 15) is 5.26 Å². The first-order valence-electron chi connectivity index (χ1n) is 10.6. The molecule has 5 heterocycles. The van der Waals surface area contributed by atoms with Gasteiger partial charge in [-0.1, -0.05) is 0 Å². The highest BCUT2D eigenvalue weighted by Crippen LogP contribution is 2.57. The summed E-state index contributed by atoms with van der Waals surface area (Å²) in [6.45, 7) is 2.11. The van der Waals surface area contributed by atoms with Gasteiger partial charge < -0.3 is 5.32 Å². The predicted molar refractivity (Wildman–Crippen MR) is 114 cm³/mol. The molecular formula is C22H23N9. The second kappa shape index (κ2) is 6.49. The highest BCUT2D eigenvalue weighted by Gasteiger charge is 2.56. The number of nitriles is 1. The van der Waals surface area contributed by atoms with Crippen LogP contribution in [0.4, 0.5) is 0 Å². The maximum Gasteiger partial charge on any atom is 0.112 e. The number of nitrogens with one attached hydrogen (secondary N) is 1. The lowest BCUT2D eigenvalue weighted by Crippen LogP contribution is -2.54. The minimum Gasteiger partial charge on any atom is -0.316 e. The maximum absolute atomic E-state index is 9.52. The first-order chi connectivity index (χ1) is 15.1. The Kier molecular flexibility index (Phi) is 3.83. The van der Waals surface area contributed by atoms with Gasteiger partial charge in [0, 0.05) is 31.5 Å². The predicted octanol–water partition coefficient (Wildman–Crippen LogP) is 2.38. The maximum atomic E-state index is 9.52. The van der Waals surface area contributed by atoms with Gasteiger partial charge in [-0.15, -0.1) is 0 Å². The summed E-state index contributed by atoms with van der Waals surface area (Å²) >= 11 is 0. The first kappa shape index (κ1) is 18.3. The second-order valence-corrected chi connectivity index (χ2v) is 9.02. The van der Waals surface area contributed by atoms with Crippen LogP contribution in [0.3, 0.4) is 0 Å². The van der Waals surface area contributed by atoms with Gasteiger partial charge in [-0.3, -0.25) is 9.36 Å². The minimum absolute atomic E-state index is 0.228. The average Bonchev–Trinajstić information content (AvgIpc) is 3.52. The number of hydrogen-bond donors (Lipinski definition) is 1. The van der Waals surface area contributed by atoms with E-state index in [0.29, 0.717) is 11.8 Å². The van der Waals surface area contributed by atoms with Crippen molar-refractivity contribution < 1.29 is 0 Å². The molecule has 0 bridgehead atoms. The van der Waals surface area contributed by atoms with Crippen molar-refractivity contribution in [2.24, 2.45) is 12.5 Å². The Morgan fingerprint density at radius 2 is 2.10 bits per heavy atom. The summed E-state index contributed by atoms with van der Waals surface area (Å²) in [5.41, 5.74) is 4.29. The highest BCUT2D eigenvalue weighted by molar-refractivity contribution is 5.77. The number of rotatable bonds is 4. The van der Waals surface area contributed by atoms with Gasteiger partial charge in [0.15, 0.2) is 0 Å². The molecule has 9 nitrogen and oxygen atoms in total. The summed E-state index contributed by atoms with van der Waals surface area (Å²) in [4.78, 5) is 4.92. The highest BCUT2D eigenvalue weighted by atomic mass is 15.3. The number of hydrogen-bond acceptors (Lipinski definition) is 6. The molecule has 1 aliphatic heterocycles. The van der Waals surface area contributed by atoms with Crippen molar-refractivity contribution in [3.8, 4) is 28.7 Å². The van der Waals surface area contributed by atoms with Gasteiger partial charge in [0.05, 0.1) is 47.8 Å². The van der Waals surface area contributed by atoms with Crippen LogP contribution >= 0.6 is 0 Å². The molecule has 1 aliphatic carbocycles. The van der Waals surface area contributed by atoms with Crippen LogP contribution in [0.2, 0.25) is 0 Å². The number of nitrogens with zero attached hydrogens (tertiary/aromatic N) is 8. The lowest BCUT2D eigenvalue weighted by molar-refractivity contribution is -0.0200. The lowest BCUT2D eigenvalue weighted by Gasteiger charge is -2.53. The Morgan fingerprint density at radius 1 is 1.19 bits per heavy atom. The largest absolute Gasteiger partial charge is 0.316 e. The summed E-state index contributed by atoms with van der Waals surface area (Å²) < 4.78 is 5.60. The monoisotopic (exact) mass is 413 g/mol. The van der Waals surface area contributed by atoms with Crippen LogP contribution in [0.5, 0.6) is 0 Å². The van der Waals surface area contributed by atoms with Crippen LogP contribution in [0, 0.1) is 16.7 Å². The second-order valence-electron chi connectivity index (χ2n) is 9.02. The van der Waals surface area contributed by atoms with Crippen molar-refractivity contribution in [3.63, 3.8) is 0 Å². The Bertz CT molecular complexity index is 1300. The van der Waals surface area contributed by atoms with Crippen LogP contribution in [-0.2, 0) is 12.6 Å². The number of fused-ring (bicyclic) bond motifs is 1. The normalized spacial score (nSPS) is 25.2.